The fraction of sp³-hybridized carbons (Fsp3) is 0.429. The van der Waals surface area contributed by atoms with Gasteiger partial charge in [0.2, 0.25) is 0 Å². The van der Waals surface area contributed by atoms with Crippen LogP contribution < -0.4 is 0 Å². The van der Waals surface area contributed by atoms with Crippen LogP contribution in [-0.4, -0.2) is 41.4 Å². The van der Waals surface area contributed by atoms with Gasteiger partial charge in [-0.15, -0.1) is 0 Å². The summed E-state index contributed by atoms with van der Waals surface area (Å²) in [4.78, 5) is 1.99. The van der Waals surface area contributed by atoms with Gasteiger partial charge in [-0.25, -0.2) is 4.39 Å². The van der Waals surface area contributed by atoms with E-state index in [0.717, 1.165) is 11.1 Å². The lowest BCUT2D eigenvalue weighted by molar-refractivity contribution is 0.167. The predicted molar refractivity (Wildman–Crippen MR) is 70.2 cm³/mol. The van der Waals surface area contributed by atoms with Crippen molar-refractivity contribution in [3.63, 3.8) is 0 Å². The lowest BCUT2D eigenvalue weighted by Crippen LogP contribution is -2.27. The summed E-state index contributed by atoms with van der Waals surface area (Å²) in [5, 5.41) is 18.6. The van der Waals surface area contributed by atoms with E-state index in [0.29, 0.717) is 31.6 Å². The number of rotatable bonds is 7. The van der Waals surface area contributed by atoms with Crippen molar-refractivity contribution < 1.29 is 19.0 Å². The maximum absolute atomic E-state index is 13.1. The number of aliphatic hydroxyl groups is 2. The van der Waals surface area contributed by atoms with Gasteiger partial charge in [0.1, 0.15) is 17.2 Å². The lowest BCUT2D eigenvalue weighted by Gasteiger charge is -2.19. The van der Waals surface area contributed by atoms with Gasteiger partial charge in [-0.2, -0.15) is 0 Å². The average molecular weight is 267 g/mol. The number of hydrogen-bond acceptors (Lipinski definition) is 4. The SMILES string of the molecule is OCCCN(CCO)Cc1cc2cc(F)ccc2o1. The highest BCUT2D eigenvalue weighted by Crippen LogP contribution is 2.21. The van der Waals surface area contributed by atoms with E-state index in [1.54, 1.807) is 6.07 Å². The second kappa shape index (κ2) is 6.65. The first-order chi connectivity index (χ1) is 9.22. The summed E-state index contributed by atoms with van der Waals surface area (Å²) in [6.07, 6.45) is 0.648. The molecule has 1 heterocycles. The number of benzene rings is 1. The molecule has 0 saturated carbocycles. The van der Waals surface area contributed by atoms with Crippen molar-refractivity contribution in [2.75, 3.05) is 26.3 Å². The molecule has 0 unspecified atom stereocenters. The first-order valence-corrected chi connectivity index (χ1v) is 6.35. The molecule has 104 valence electrons. The summed E-state index contributed by atoms with van der Waals surface area (Å²) < 4.78 is 18.7. The Morgan fingerprint density at radius 1 is 1.11 bits per heavy atom. The summed E-state index contributed by atoms with van der Waals surface area (Å²) in [6, 6.07) is 6.22. The van der Waals surface area contributed by atoms with Crippen molar-refractivity contribution in [2.45, 2.75) is 13.0 Å². The van der Waals surface area contributed by atoms with Crippen LogP contribution in [0.5, 0.6) is 0 Å². The number of hydrogen-bond donors (Lipinski definition) is 2. The molecule has 2 rings (SSSR count). The van der Waals surface area contributed by atoms with E-state index in [4.69, 9.17) is 14.6 Å². The second-order valence-electron chi connectivity index (χ2n) is 4.47. The Morgan fingerprint density at radius 2 is 1.95 bits per heavy atom. The second-order valence-corrected chi connectivity index (χ2v) is 4.47. The molecular formula is C14H18FNO3. The first-order valence-electron chi connectivity index (χ1n) is 6.35. The standard InChI is InChI=1S/C14H18FNO3/c15-12-2-3-14-11(8-12)9-13(19-14)10-16(5-7-18)4-1-6-17/h2-3,8-9,17-18H,1,4-7,10H2. The maximum Gasteiger partial charge on any atom is 0.134 e. The molecule has 0 radical (unpaired) electrons. The number of fused-ring (bicyclic) bond motifs is 1. The normalized spacial score (nSPS) is 11.6. The highest BCUT2D eigenvalue weighted by molar-refractivity contribution is 5.77. The van der Waals surface area contributed by atoms with E-state index < -0.39 is 0 Å². The lowest BCUT2D eigenvalue weighted by atomic mass is 10.2. The minimum Gasteiger partial charge on any atom is -0.460 e. The number of nitrogens with zero attached hydrogens (tertiary/aromatic N) is 1. The van der Waals surface area contributed by atoms with Crippen molar-refractivity contribution in [3.8, 4) is 0 Å². The third-order valence-electron chi connectivity index (χ3n) is 2.96. The highest BCUT2D eigenvalue weighted by atomic mass is 19.1. The molecule has 0 atom stereocenters. The summed E-state index contributed by atoms with van der Waals surface area (Å²) in [5.41, 5.74) is 0.655. The fourth-order valence-corrected chi connectivity index (χ4v) is 2.07. The van der Waals surface area contributed by atoms with Gasteiger partial charge in [-0.05, 0) is 30.7 Å². The predicted octanol–water partition coefficient (Wildman–Crippen LogP) is 1.75. The molecule has 0 saturated heterocycles. The third-order valence-corrected chi connectivity index (χ3v) is 2.96. The van der Waals surface area contributed by atoms with Gasteiger partial charge in [-0.3, -0.25) is 4.90 Å². The smallest absolute Gasteiger partial charge is 0.134 e. The average Bonchev–Trinajstić information content (AvgIpc) is 2.77. The van der Waals surface area contributed by atoms with E-state index in [9.17, 15) is 4.39 Å². The van der Waals surface area contributed by atoms with Crippen molar-refractivity contribution in [1.29, 1.82) is 0 Å². The van der Waals surface area contributed by atoms with Gasteiger partial charge in [-0.1, -0.05) is 0 Å². The molecular weight excluding hydrogens is 249 g/mol. The van der Waals surface area contributed by atoms with Crippen LogP contribution in [0.1, 0.15) is 12.2 Å². The quantitative estimate of drug-likeness (QED) is 0.802. The van der Waals surface area contributed by atoms with Gasteiger partial charge in [0.05, 0.1) is 13.2 Å². The van der Waals surface area contributed by atoms with Gasteiger partial charge < -0.3 is 14.6 Å². The van der Waals surface area contributed by atoms with Crippen LogP contribution >= 0.6 is 0 Å². The van der Waals surface area contributed by atoms with E-state index in [2.05, 4.69) is 0 Å². The molecule has 2 aromatic rings. The van der Waals surface area contributed by atoms with Crippen LogP contribution in [0.2, 0.25) is 0 Å². The molecule has 4 nitrogen and oxygen atoms in total. The number of halogens is 1. The number of aliphatic hydroxyl groups excluding tert-OH is 2. The molecule has 0 aliphatic rings. The van der Waals surface area contributed by atoms with E-state index in [1.165, 1.54) is 12.1 Å². The fourth-order valence-electron chi connectivity index (χ4n) is 2.07. The Morgan fingerprint density at radius 3 is 2.68 bits per heavy atom. The minimum atomic E-state index is -0.285. The van der Waals surface area contributed by atoms with Crippen LogP contribution in [0.4, 0.5) is 4.39 Å². The van der Waals surface area contributed by atoms with E-state index in [1.807, 2.05) is 11.0 Å². The van der Waals surface area contributed by atoms with Crippen LogP contribution in [0, 0.1) is 5.82 Å². The van der Waals surface area contributed by atoms with Crippen molar-refractivity contribution in [2.24, 2.45) is 0 Å². The monoisotopic (exact) mass is 267 g/mol. The molecule has 5 heteroatoms. The highest BCUT2D eigenvalue weighted by Gasteiger charge is 2.10. The first kappa shape index (κ1) is 14.0. The van der Waals surface area contributed by atoms with Crippen LogP contribution in [-0.2, 0) is 6.54 Å². The molecule has 19 heavy (non-hydrogen) atoms. The largest absolute Gasteiger partial charge is 0.460 e. The van der Waals surface area contributed by atoms with Crippen LogP contribution in [0.15, 0.2) is 28.7 Å². The third kappa shape index (κ3) is 3.76. The molecule has 0 bridgehead atoms. The van der Waals surface area contributed by atoms with Crippen molar-refractivity contribution in [1.82, 2.24) is 4.90 Å². The molecule has 0 amide bonds. The maximum atomic E-state index is 13.1. The molecule has 1 aromatic heterocycles. The Labute approximate surface area is 111 Å². The van der Waals surface area contributed by atoms with Crippen molar-refractivity contribution in [3.05, 3.63) is 35.8 Å². The van der Waals surface area contributed by atoms with Crippen LogP contribution in [0.3, 0.4) is 0 Å². The van der Waals surface area contributed by atoms with Gasteiger partial charge in [0.15, 0.2) is 0 Å². The molecule has 2 N–H and O–H groups in total. The Bertz CT molecular complexity index is 526. The zero-order valence-electron chi connectivity index (χ0n) is 10.7. The van der Waals surface area contributed by atoms with Gasteiger partial charge >= 0.3 is 0 Å². The molecule has 0 aliphatic carbocycles. The van der Waals surface area contributed by atoms with E-state index in [-0.39, 0.29) is 19.0 Å². The summed E-state index contributed by atoms with van der Waals surface area (Å²) in [5.74, 6) is 0.444. The molecule has 0 spiro atoms. The number of furan rings is 1. The van der Waals surface area contributed by atoms with Crippen molar-refractivity contribution >= 4 is 11.0 Å². The van der Waals surface area contributed by atoms with Gasteiger partial charge in [0.25, 0.3) is 0 Å². The minimum absolute atomic E-state index is 0.0558. The topological polar surface area (TPSA) is 56.8 Å². The molecule has 0 aliphatic heterocycles. The summed E-state index contributed by atoms with van der Waals surface area (Å²) >= 11 is 0. The Hall–Kier alpha value is -1.43. The Balaban J connectivity index is 2.09. The zero-order valence-corrected chi connectivity index (χ0v) is 10.7. The van der Waals surface area contributed by atoms with Gasteiger partial charge in [0, 0.05) is 25.1 Å². The van der Waals surface area contributed by atoms with Crippen LogP contribution in [0.25, 0.3) is 11.0 Å². The Kier molecular flexibility index (Phi) is 4.90. The van der Waals surface area contributed by atoms with E-state index >= 15 is 0 Å². The molecule has 1 aromatic carbocycles. The zero-order chi connectivity index (χ0) is 13.7. The molecule has 0 fully saturated rings. The summed E-state index contributed by atoms with van der Waals surface area (Å²) in [7, 11) is 0. The summed E-state index contributed by atoms with van der Waals surface area (Å²) in [6.45, 7) is 1.91.